The number of rotatable bonds is 2. The van der Waals surface area contributed by atoms with Gasteiger partial charge in [0.25, 0.3) is 0 Å². The van der Waals surface area contributed by atoms with Crippen LogP contribution in [0.3, 0.4) is 0 Å². The van der Waals surface area contributed by atoms with Gasteiger partial charge in [-0.3, -0.25) is 0 Å². The van der Waals surface area contributed by atoms with Crippen LogP contribution in [-0.4, -0.2) is 6.61 Å². The first-order valence-electron chi connectivity index (χ1n) is 5.23. The zero-order valence-corrected chi connectivity index (χ0v) is 8.42. The molecular formula is C12H15FO. The van der Waals surface area contributed by atoms with Crippen molar-refractivity contribution in [3.05, 3.63) is 29.6 Å². The second-order valence-corrected chi connectivity index (χ2v) is 3.80. The lowest BCUT2D eigenvalue weighted by Gasteiger charge is -2.25. The molecule has 1 unspecified atom stereocenters. The van der Waals surface area contributed by atoms with Crippen molar-refractivity contribution in [2.24, 2.45) is 0 Å². The highest BCUT2D eigenvalue weighted by molar-refractivity contribution is 5.38. The molecule has 1 aromatic carbocycles. The van der Waals surface area contributed by atoms with Gasteiger partial charge in [0.2, 0.25) is 0 Å². The third-order valence-corrected chi connectivity index (χ3v) is 2.78. The van der Waals surface area contributed by atoms with Gasteiger partial charge in [0.05, 0.1) is 6.61 Å². The average Bonchev–Trinajstić information content (AvgIpc) is 2.18. The van der Waals surface area contributed by atoms with Gasteiger partial charge in [-0.25, -0.2) is 4.39 Å². The van der Waals surface area contributed by atoms with Crippen LogP contribution in [0, 0.1) is 5.82 Å². The molecule has 0 saturated heterocycles. The highest BCUT2D eigenvalue weighted by Crippen LogP contribution is 2.36. The van der Waals surface area contributed by atoms with Crippen molar-refractivity contribution in [2.75, 3.05) is 6.61 Å². The highest BCUT2D eigenvalue weighted by Gasteiger charge is 2.20. The second-order valence-electron chi connectivity index (χ2n) is 3.80. The third-order valence-electron chi connectivity index (χ3n) is 2.78. The molecule has 1 atom stereocenters. The first kappa shape index (κ1) is 9.50. The van der Waals surface area contributed by atoms with Crippen LogP contribution in [-0.2, 0) is 0 Å². The molecule has 1 aromatic rings. The number of fused-ring (bicyclic) bond motifs is 1. The molecule has 0 amide bonds. The van der Waals surface area contributed by atoms with E-state index in [-0.39, 0.29) is 5.82 Å². The molecule has 1 aliphatic rings. The largest absolute Gasteiger partial charge is 0.493 e. The summed E-state index contributed by atoms with van der Waals surface area (Å²) in [6.07, 6.45) is 3.40. The van der Waals surface area contributed by atoms with Crippen molar-refractivity contribution in [3.63, 3.8) is 0 Å². The molecule has 2 heteroatoms. The van der Waals surface area contributed by atoms with E-state index in [2.05, 4.69) is 6.92 Å². The molecule has 1 aliphatic heterocycles. The van der Waals surface area contributed by atoms with Crippen molar-refractivity contribution in [1.29, 1.82) is 0 Å². The molecule has 1 heterocycles. The van der Waals surface area contributed by atoms with Gasteiger partial charge in [0, 0.05) is 6.07 Å². The fourth-order valence-corrected chi connectivity index (χ4v) is 2.09. The van der Waals surface area contributed by atoms with Crippen molar-refractivity contribution in [2.45, 2.75) is 32.1 Å². The SMILES string of the molecule is CCCC1CCOc2cc(F)ccc21. The van der Waals surface area contributed by atoms with Crippen molar-refractivity contribution >= 4 is 0 Å². The molecule has 0 radical (unpaired) electrons. The van der Waals surface area contributed by atoms with Crippen molar-refractivity contribution < 1.29 is 9.13 Å². The van der Waals surface area contributed by atoms with Crippen LogP contribution in [0.4, 0.5) is 4.39 Å². The van der Waals surface area contributed by atoms with E-state index in [4.69, 9.17) is 4.74 Å². The fourth-order valence-electron chi connectivity index (χ4n) is 2.09. The Hall–Kier alpha value is -1.05. The van der Waals surface area contributed by atoms with Crippen LogP contribution in [0.1, 0.15) is 37.7 Å². The van der Waals surface area contributed by atoms with Gasteiger partial charge < -0.3 is 4.74 Å². The molecule has 0 saturated carbocycles. The van der Waals surface area contributed by atoms with Crippen LogP contribution in [0.5, 0.6) is 5.75 Å². The van der Waals surface area contributed by atoms with Crippen LogP contribution >= 0.6 is 0 Å². The van der Waals surface area contributed by atoms with E-state index >= 15 is 0 Å². The highest BCUT2D eigenvalue weighted by atomic mass is 19.1. The summed E-state index contributed by atoms with van der Waals surface area (Å²) in [5.74, 6) is 1.10. The van der Waals surface area contributed by atoms with Gasteiger partial charge in [0.15, 0.2) is 0 Å². The summed E-state index contributed by atoms with van der Waals surface area (Å²) in [5, 5.41) is 0. The summed E-state index contributed by atoms with van der Waals surface area (Å²) in [4.78, 5) is 0. The van der Waals surface area contributed by atoms with Crippen LogP contribution in [0.25, 0.3) is 0 Å². The Kier molecular flexibility index (Phi) is 2.71. The number of benzene rings is 1. The Bertz CT molecular complexity index is 322. The Balaban J connectivity index is 2.30. The molecule has 0 fully saturated rings. The lowest BCUT2D eigenvalue weighted by Crippen LogP contribution is -2.14. The van der Waals surface area contributed by atoms with Gasteiger partial charge >= 0.3 is 0 Å². The topological polar surface area (TPSA) is 9.23 Å². The number of hydrogen-bond donors (Lipinski definition) is 0. The Labute approximate surface area is 83.9 Å². The van der Waals surface area contributed by atoms with Crippen LogP contribution < -0.4 is 4.74 Å². The van der Waals surface area contributed by atoms with E-state index in [1.165, 1.54) is 30.5 Å². The molecule has 2 rings (SSSR count). The Morgan fingerprint density at radius 3 is 3.14 bits per heavy atom. The maximum absolute atomic E-state index is 12.9. The molecule has 76 valence electrons. The molecule has 14 heavy (non-hydrogen) atoms. The molecule has 0 spiro atoms. The summed E-state index contributed by atoms with van der Waals surface area (Å²) in [5.41, 5.74) is 1.18. The van der Waals surface area contributed by atoms with E-state index in [1.54, 1.807) is 0 Å². The minimum atomic E-state index is -0.208. The van der Waals surface area contributed by atoms with Crippen LogP contribution in [0.2, 0.25) is 0 Å². The van der Waals surface area contributed by atoms with Gasteiger partial charge in [-0.2, -0.15) is 0 Å². The molecule has 0 aromatic heterocycles. The molecule has 1 nitrogen and oxygen atoms in total. The van der Waals surface area contributed by atoms with Gasteiger partial charge in [-0.15, -0.1) is 0 Å². The van der Waals surface area contributed by atoms with E-state index < -0.39 is 0 Å². The first-order valence-corrected chi connectivity index (χ1v) is 5.23. The van der Waals surface area contributed by atoms with Crippen LogP contribution in [0.15, 0.2) is 18.2 Å². The predicted octanol–water partition coefficient (Wildman–Crippen LogP) is 3.49. The van der Waals surface area contributed by atoms with Gasteiger partial charge in [0.1, 0.15) is 11.6 Å². The number of ether oxygens (including phenoxy) is 1. The zero-order chi connectivity index (χ0) is 9.97. The number of hydrogen-bond acceptors (Lipinski definition) is 1. The lowest BCUT2D eigenvalue weighted by atomic mass is 9.89. The minimum Gasteiger partial charge on any atom is -0.493 e. The standard InChI is InChI=1S/C12H15FO/c1-2-3-9-6-7-14-12-8-10(13)4-5-11(9)12/h4-5,8-9H,2-3,6-7H2,1H3. The Morgan fingerprint density at radius 1 is 1.50 bits per heavy atom. The first-order chi connectivity index (χ1) is 6.81. The number of halogens is 1. The second kappa shape index (κ2) is 3.99. The van der Waals surface area contributed by atoms with E-state index in [9.17, 15) is 4.39 Å². The smallest absolute Gasteiger partial charge is 0.126 e. The van der Waals surface area contributed by atoms with E-state index in [1.807, 2.05) is 6.07 Å². The quantitative estimate of drug-likeness (QED) is 0.700. The van der Waals surface area contributed by atoms with Gasteiger partial charge in [-0.05, 0) is 30.4 Å². The predicted molar refractivity (Wildman–Crippen MR) is 54.2 cm³/mol. The average molecular weight is 194 g/mol. The molecule has 0 N–H and O–H groups in total. The summed E-state index contributed by atoms with van der Waals surface area (Å²) >= 11 is 0. The van der Waals surface area contributed by atoms with Crippen molar-refractivity contribution in [3.8, 4) is 5.75 Å². The molecule has 0 aliphatic carbocycles. The van der Waals surface area contributed by atoms with E-state index in [0.29, 0.717) is 5.92 Å². The fraction of sp³-hybridized carbons (Fsp3) is 0.500. The monoisotopic (exact) mass is 194 g/mol. The molecule has 0 bridgehead atoms. The maximum atomic E-state index is 12.9. The zero-order valence-electron chi connectivity index (χ0n) is 8.42. The minimum absolute atomic E-state index is 0.208. The van der Waals surface area contributed by atoms with Crippen molar-refractivity contribution in [1.82, 2.24) is 0 Å². The summed E-state index contributed by atoms with van der Waals surface area (Å²) in [6, 6.07) is 4.89. The third kappa shape index (κ3) is 1.74. The van der Waals surface area contributed by atoms with Gasteiger partial charge in [-0.1, -0.05) is 19.4 Å². The Morgan fingerprint density at radius 2 is 2.36 bits per heavy atom. The normalized spacial score (nSPS) is 20.0. The summed E-state index contributed by atoms with van der Waals surface area (Å²) in [7, 11) is 0. The molecular weight excluding hydrogens is 179 g/mol. The summed E-state index contributed by atoms with van der Waals surface area (Å²) in [6.45, 7) is 2.90. The van der Waals surface area contributed by atoms with E-state index in [0.717, 1.165) is 18.8 Å². The summed E-state index contributed by atoms with van der Waals surface area (Å²) < 4.78 is 18.4. The lowest BCUT2D eigenvalue weighted by molar-refractivity contribution is 0.261. The maximum Gasteiger partial charge on any atom is 0.126 e.